The third-order valence-corrected chi connectivity index (χ3v) is 2.01. The van der Waals surface area contributed by atoms with Gasteiger partial charge in [-0.25, -0.2) is 4.79 Å². The van der Waals surface area contributed by atoms with Gasteiger partial charge >= 0.3 is 6.09 Å². The topological polar surface area (TPSA) is 66.6 Å². The highest BCUT2D eigenvalue weighted by Gasteiger charge is 2.04. The Bertz CT molecular complexity index is 326. The van der Waals surface area contributed by atoms with E-state index in [1.165, 1.54) is 4.90 Å². The number of nitrogen functional groups attached to an aromatic ring is 1. The molecule has 0 heterocycles. The van der Waals surface area contributed by atoms with Crippen molar-refractivity contribution in [1.29, 1.82) is 0 Å². The Morgan fingerprint density at radius 3 is 2.86 bits per heavy atom. The molecule has 0 aliphatic rings. The summed E-state index contributed by atoms with van der Waals surface area (Å²) >= 11 is 0. The number of hydrogen-bond acceptors (Lipinski definition) is 2. The number of anilines is 1. The number of benzene rings is 1. The minimum absolute atomic E-state index is 0.485. The van der Waals surface area contributed by atoms with Crippen LogP contribution in [0.4, 0.5) is 10.5 Å². The quantitative estimate of drug-likeness (QED) is 0.715. The summed E-state index contributed by atoms with van der Waals surface area (Å²) in [5.74, 6) is 0. The zero-order chi connectivity index (χ0) is 10.6. The molecule has 0 saturated carbocycles. The molecule has 1 aromatic carbocycles. The van der Waals surface area contributed by atoms with E-state index in [1.807, 2.05) is 24.3 Å². The van der Waals surface area contributed by atoms with Crippen molar-refractivity contribution < 1.29 is 9.90 Å². The molecular weight excluding hydrogens is 180 g/mol. The molecule has 4 nitrogen and oxygen atoms in total. The lowest BCUT2D eigenvalue weighted by Crippen LogP contribution is -2.26. The minimum Gasteiger partial charge on any atom is -0.465 e. The van der Waals surface area contributed by atoms with Gasteiger partial charge in [-0.1, -0.05) is 12.1 Å². The van der Waals surface area contributed by atoms with Gasteiger partial charge in [-0.3, -0.25) is 0 Å². The lowest BCUT2D eigenvalue weighted by Gasteiger charge is -2.12. The van der Waals surface area contributed by atoms with Crippen molar-refractivity contribution in [2.75, 3.05) is 19.3 Å². The Labute approximate surface area is 82.9 Å². The SMILES string of the molecule is CN(CCc1cccc(N)c1)C(=O)O. The van der Waals surface area contributed by atoms with E-state index in [2.05, 4.69) is 0 Å². The monoisotopic (exact) mass is 194 g/mol. The molecule has 0 atom stereocenters. The number of carbonyl (C=O) groups is 1. The number of rotatable bonds is 3. The molecule has 4 heteroatoms. The number of nitrogens with zero attached hydrogens (tertiary/aromatic N) is 1. The van der Waals surface area contributed by atoms with Crippen LogP contribution >= 0.6 is 0 Å². The molecule has 1 amide bonds. The van der Waals surface area contributed by atoms with E-state index >= 15 is 0 Å². The van der Waals surface area contributed by atoms with Crippen LogP contribution in [0.15, 0.2) is 24.3 Å². The van der Waals surface area contributed by atoms with E-state index in [-0.39, 0.29) is 0 Å². The highest BCUT2D eigenvalue weighted by molar-refractivity contribution is 5.64. The molecule has 0 fully saturated rings. The first kappa shape index (κ1) is 10.4. The smallest absolute Gasteiger partial charge is 0.407 e. The van der Waals surface area contributed by atoms with Crippen LogP contribution < -0.4 is 5.73 Å². The molecule has 0 aliphatic carbocycles. The molecule has 0 saturated heterocycles. The highest BCUT2D eigenvalue weighted by atomic mass is 16.4. The second-order valence-corrected chi connectivity index (χ2v) is 3.20. The maximum Gasteiger partial charge on any atom is 0.407 e. The van der Waals surface area contributed by atoms with Gasteiger partial charge in [-0.15, -0.1) is 0 Å². The van der Waals surface area contributed by atoms with E-state index in [0.717, 1.165) is 5.56 Å². The highest BCUT2D eigenvalue weighted by Crippen LogP contribution is 2.07. The Kier molecular flexibility index (Phi) is 3.34. The fraction of sp³-hybridized carbons (Fsp3) is 0.300. The van der Waals surface area contributed by atoms with Crippen LogP contribution in [0.25, 0.3) is 0 Å². The Balaban J connectivity index is 2.49. The average Bonchev–Trinajstić information content (AvgIpc) is 2.14. The minimum atomic E-state index is -0.908. The zero-order valence-electron chi connectivity index (χ0n) is 8.10. The summed E-state index contributed by atoms with van der Waals surface area (Å²) in [6.07, 6.45) is -0.220. The molecule has 14 heavy (non-hydrogen) atoms. The van der Waals surface area contributed by atoms with Crippen molar-refractivity contribution in [3.8, 4) is 0 Å². The molecule has 0 radical (unpaired) electrons. The zero-order valence-corrected chi connectivity index (χ0v) is 8.10. The Morgan fingerprint density at radius 1 is 1.57 bits per heavy atom. The largest absolute Gasteiger partial charge is 0.465 e. The first-order valence-electron chi connectivity index (χ1n) is 4.38. The van der Waals surface area contributed by atoms with Gasteiger partial charge in [0.25, 0.3) is 0 Å². The average molecular weight is 194 g/mol. The summed E-state index contributed by atoms with van der Waals surface area (Å²) in [6.45, 7) is 0.485. The van der Waals surface area contributed by atoms with Gasteiger partial charge in [-0.05, 0) is 24.1 Å². The predicted molar refractivity (Wildman–Crippen MR) is 55.2 cm³/mol. The van der Waals surface area contributed by atoms with Crippen LogP contribution in [0.1, 0.15) is 5.56 Å². The first-order valence-corrected chi connectivity index (χ1v) is 4.38. The maximum absolute atomic E-state index is 10.5. The molecule has 76 valence electrons. The van der Waals surface area contributed by atoms with Crippen molar-refractivity contribution in [2.45, 2.75) is 6.42 Å². The third-order valence-electron chi connectivity index (χ3n) is 2.01. The van der Waals surface area contributed by atoms with Gasteiger partial charge < -0.3 is 15.7 Å². The molecule has 3 N–H and O–H groups in total. The van der Waals surface area contributed by atoms with Gasteiger partial charge in [0.1, 0.15) is 0 Å². The van der Waals surface area contributed by atoms with E-state index in [0.29, 0.717) is 18.7 Å². The molecule has 0 unspecified atom stereocenters. The standard InChI is InChI=1S/C10H14N2O2/c1-12(10(13)14)6-5-8-3-2-4-9(11)7-8/h2-4,7H,5-6,11H2,1H3,(H,13,14). The van der Waals surface area contributed by atoms with Crippen LogP contribution in [0.3, 0.4) is 0 Å². The fourth-order valence-electron chi connectivity index (χ4n) is 1.14. The van der Waals surface area contributed by atoms with Crippen LogP contribution in [-0.2, 0) is 6.42 Å². The number of likely N-dealkylation sites (N-methyl/N-ethyl adjacent to an activating group) is 1. The second-order valence-electron chi connectivity index (χ2n) is 3.20. The van der Waals surface area contributed by atoms with Crippen molar-refractivity contribution >= 4 is 11.8 Å². The van der Waals surface area contributed by atoms with Crippen molar-refractivity contribution in [3.05, 3.63) is 29.8 Å². The molecule has 1 aromatic rings. The molecule has 0 aromatic heterocycles. The summed E-state index contributed by atoms with van der Waals surface area (Å²) in [7, 11) is 1.55. The van der Waals surface area contributed by atoms with E-state index < -0.39 is 6.09 Å². The molecule has 0 bridgehead atoms. The van der Waals surface area contributed by atoms with Crippen LogP contribution in [0.5, 0.6) is 0 Å². The molecular formula is C10H14N2O2. The first-order chi connectivity index (χ1) is 6.59. The van der Waals surface area contributed by atoms with Crippen molar-refractivity contribution in [1.82, 2.24) is 4.90 Å². The molecule has 0 spiro atoms. The normalized spacial score (nSPS) is 9.79. The van der Waals surface area contributed by atoms with Crippen LogP contribution in [0, 0.1) is 0 Å². The summed E-state index contributed by atoms with van der Waals surface area (Å²) < 4.78 is 0. The van der Waals surface area contributed by atoms with E-state index in [9.17, 15) is 4.79 Å². The van der Waals surface area contributed by atoms with E-state index in [1.54, 1.807) is 7.05 Å². The summed E-state index contributed by atoms with van der Waals surface area (Å²) in [4.78, 5) is 11.7. The fourth-order valence-corrected chi connectivity index (χ4v) is 1.14. The van der Waals surface area contributed by atoms with Crippen molar-refractivity contribution in [3.63, 3.8) is 0 Å². The van der Waals surface area contributed by atoms with Crippen LogP contribution in [-0.4, -0.2) is 29.7 Å². The van der Waals surface area contributed by atoms with Crippen molar-refractivity contribution in [2.24, 2.45) is 0 Å². The lowest BCUT2D eigenvalue weighted by molar-refractivity contribution is 0.156. The third kappa shape index (κ3) is 2.97. The maximum atomic E-state index is 10.5. The molecule has 0 aliphatic heterocycles. The van der Waals surface area contributed by atoms with Crippen LogP contribution in [0.2, 0.25) is 0 Å². The van der Waals surface area contributed by atoms with E-state index in [4.69, 9.17) is 10.8 Å². The number of carboxylic acid groups (broad SMARTS) is 1. The summed E-state index contributed by atoms with van der Waals surface area (Å²) in [6, 6.07) is 7.47. The number of nitrogens with two attached hydrogens (primary N) is 1. The number of hydrogen-bond donors (Lipinski definition) is 2. The van der Waals surface area contributed by atoms with Gasteiger partial charge in [0.2, 0.25) is 0 Å². The Hall–Kier alpha value is -1.71. The summed E-state index contributed by atoms with van der Waals surface area (Å²) in [5, 5.41) is 8.62. The Morgan fingerprint density at radius 2 is 2.29 bits per heavy atom. The second kappa shape index (κ2) is 4.50. The van der Waals surface area contributed by atoms with Gasteiger partial charge in [0.05, 0.1) is 0 Å². The number of amides is 1. The molecule has 1 rings (SSSR count). The van der Waals surface area contributed by atoms with Gasteiger partial charge in [0, 0.05) is 19.3 Å². The van der Waals surface area contributed by atoms with Gasteiger partial charge in [0.15, 0.2) is 0 Å². The predicted octanol–water partition coefficient (Wildman–Crippen LogP) is 1.42. The van der Waals surface area contributed by atoms with Gasteiger partial charge in [-0.2, -0.15) is 0 Å². The lowest BCUT2D eigenvalue weighted by atomic mass is 10.1. The summed E-state index contributed by atoms with van der Waals surface area (Å²) in [5.41, 5.74) is 7.36.